The standard InChI is InChI=1S/C14H16ClNO2S/c1-3-9-6-14(5-8(2)16-9)13-10(4-12(15)19-13)11(17)7-18-14/h1,4,8-9,11,16-17H,5-7H2,2H3/t8-,9?,11+,14-/m0/s1. The molecule has 19 heavy (non-hydrogen) atoms. The molecule has 0 saturated carbocycles. The summed E-state index contributed by atoms with van der Waals surface area (Å²) < 4.78 is 6.72. The van der Waals surface area contributed by atoms with Crippen LogP contribution in [-0.4, -0.2) is 23.8 Å². The summed E-state index contributed by atoms with van der Waals surface area (Å²) in [5.74, 6) is 2.77. The third-order valence-corrected chi connectivity index (χ3v) is 5.34. The number of aliphatic hydroxyl groups is 1. The van der Waals surface area contributed by atoms with Crippen molar-refractivity contribution in [1.29, 1.82) is 0 Å². The predicted octanol–water partition coefficient (Wildman–Crippen LogP) is 2.43. The summed E-state index contributed by atoms with van der Waals surface area (Å²) in [7, 11) is 0. The van der Waals surface area contributed by atoms with Crippen LogP contribution in [0, 0.1) is 12.3 Å². The molecule has 1 unspecified atom stereocenters. The maximum absolute atomic E-state index is 10.0. The van der Waals surface area contributed by atoms with Crippen molar-refractivity contribution in [2.24, 2.45) is 0 Å². The van der Waals surface area contributed by atoms with Crippen LogP contribution < -0.4 is 5.32 Å². The van der Waals surface area contributed by atoms with E-state index >= 15 is 0 Å². The largest absolute Gasteiger partial charge is 0.386 e. The fourth-order valence-corrected chi connectivity index (χ4v) is 4.60. The van der Waals surface area contributed by atoms with E-state index in [1.165, 1.54) is 11.3 Å². The number of terminal acetylenes is 1. The lowest BCUT2D eigenvalue weighted by atomic mass is 9.79. The van der Waals surface area contributed by atoms with Crippen molar-refractivity contribution in [2.75, 3.05) is 6.61 Å². The molecule has 4 atom stereocenters. The van der Waals surface area contributed by atoms with Gasteiger partial charge in [0.25, 0.3) is 0 Å². The van der Waals surface area contributed by atoms with Crippen molar-refractivity contribution >= 4 is 22.9 Å². The molecule has 1 spiro atoms. The predicted molar refractivity (Wildman–Crippen MR) is 76.4 cm³/mol. The SMILES string of the molecule is C#CC1C[C@]2(C[C@H](C)N1)OC[C@@H](O)c1cc(Cl)sc12. The number of thiophene rings is 1. The Hall–Kier alpha value is -0.570. The van der Waals surface area contributed by atoms with Gasteiger partial charge in [-0.3, -0.25) is 0 Å². The zero-order chi connectivity index (χ0) is 13.6. The summed E-state index contributed by atoms with van der Waals surface area (Å²) in [6.45, 7) is 2.42. The molecule has 1 aromatic heterocycles. The minimum atomic E-state index is -0.584. The summed E-state index contributed by atoms with van der Waals surface area (Å²) in [4.78, 5) is 1.05. The van der Waals surface area contributed by atoms with E-state index in [0.29, 0.717) is 10.9 Å². The molecular weight excluding hydrogens is 282 g/mol. The van der Waals surface area contributed by atoms with Crippen LogP contribution in [0.3, 0.4) is 0 Å². The van der Waals surface area contributed by atoms with Crippen molar-refractivity contribution in [1.82, 2.24) is 5.32 Å². The molecule has 102 valence electrons. The third-order valence-electron chi connectivity index (χ3n) is 3.88. The molecular formula is C14H16ClNO2S. The highest BCUT2D eigenvalue weighted by molar-refractivity contribution is 7.16. The molecule has 3 nitrogen and oxygen atoms in total. The van der Waals surface area contributed by atoms with Gasteiger partial charge in [0.15, 0.2) is 0 Å². The minimum absolute atomic E-state index is 0.00674. The van der Waals surface area contributed by atoms with E-state index in [9.17, 15) is 5.11 Å². The quantitative estimate of drug-likeness (QED) is 0.723. The molecule has 0 bridgehead atoms. The van der Waals surface area contributed by atoms with E-state index < -0.39 is 11.7 Å². The maximum Gasteiger partial charge on any atom is 0.107 e. The molecule has 0 aromatic carbocycles. The Kier molecular flexibility index (Phi) is 3.36. The molecule has 2 N–H and O–H groups in total. The van der Waals surface area contributed by atoms with Gasteiger partial charge in [0.2, 0.25) is 0 Å². The molecule has 1 aromatic rings. The van der Waals surface area contributed by atoms with Crippen molar-refractivity contribution < 1.29 is 9.84 Å². The normalized spacial score (nSPS) is 37.9. The van der Waals surface area contributed by atoms with E-state index in [-0.39, 0.29) is 12.1 Å². The van der Waals surface area contributed by atoms with Gasteiger partial charge >= 0.3 is 0 Å². The zero-order valence-electron chi connectivity index (χ0n) is 10.6. The van der Waals surface area contributed by atoms with Crippen LogP contribution >= 0.6 is 22.9 Å². The lowest BCUT2D eigenvalue weighted by Crippen LogP contribution is -2.53. The van der Waals surface area contributed by atoms with Crippen LogP contribution in [0.15, 0.2) is 6.07 Å². The summed E-state index contributed by atoms with van der Waals surface area (Å²) in [5, 5.41) is 13.4. The fraction of sp³-hybridized carbons (Fsp3) is 0.571. The number of rotatable bonds is 0. The van der Waals surface area contributed by atoms with Gasteiger partial charge < -0.3 is 15.2 Å². The number of nitrogens with one attached hydrogen (secondary N) is 1. The van der Waals surface area contributed by atoms with E-state index in [2.05, 4.69) is 18.2 Å². The molecule has 2 aliphatic heterocycles. The van der Waals surface area contributed by atoms with Crippen LogP contribution in [0.25, 0.3) is 0 Å². The minimum Gasteiger partial charge on any atom is -0.386 e. The monoisotopic (exact) mass is 297 g/mol. The highest BCUT2D eigenvalue weighted by atomic mass is 35.5. The van der Waals surface area contributed by atoms with E-state index in [0.717, 1.165) is 23.3 Å². The van der Waals surface area contributed by atoms with Crippen molar-refractivity contribution in [3.8, 4) is 12.3 Å². The van der Waals surface area contributed by atoms with Crippen LogP contribution in [0.2, 0.25) is 4.34 Å². The topological polar surface area (TPSA) is 41.5 Å². The number of piperidine rings is 1. The van der Waals surface area contributed by atoms with E-state index in [1.807, 2.05) is 6.07 Å². The lowest BCUT2D eigenvalue weighted by molar-refractivity contribution is -0.125. The zero-order valence-corrected chi connectivity index (χ0v) is 12.2. The van der Waals surface area contributed by atoms with Crippen LogP contribution in [0.5, 0.6) is 0 Å². The smallest absolute Gasteiger partial charge is 0.107 e. The molecule has 0 amide bonds. The molecule has 3 rings (SSSR count). The molecule has 5 heteroatoms. The van der Waals surface area contributed by atoms with Crippen molar-refractivity contribution in [3.05, 3.63) is 20.8 Å². The summed E-state index contributed by atoms with van der Waals surface area (Å²) in [6.07, 6.45) is 6.56. The Morgan fingerprint density at radius 1 is 1.63 bits per heavy atom. The number of fused-ring (bicyclic) bond motifs is 2. The van der Waals surface area contributed by atoms with Gasteiger partial charge in [-0.25, -0.2) is 0 Å². The first-order valence-corrected chi connectivity index (χ1v) is 7.57. The molecule has 2 aliphatic rings. The first kappa shape index (κ1) is 13.4. The number of hydrogen-bond acceptors (Lipinski definition) is 4. The summed E-state index contributed by atoms with van der Waals surface area (Å²) >= 11 is 7.62. The number of aliphatic hydroxyl groups excluding tert-OH is 1. The van der Waals surface area contributed by atoms with Crippen molar-refractivity contribution in [2.45, 2.75) is 43.6 Å². The fourth-order valence-electron chi connectivity index (χ4n) is 3.15. The lowest BCUT2D eigenvalue weighted by Gasteiger charge is -2.45. The highest BCUT2D eigenvalue weighted by Crippen LogP contribution is 2.49. The molecule has 1 fully saturated rings. The highest BCUT2D eigenvalue weighted by Gasteiger charge is 2.47. The van der Waals surface area contributed by atoms with Gasteiger partial charge in [-0.05, 0) is 19.4 Å². The van der Waals surface area contributed by atoms with Gasteiger partial charge in [-0.1, -0.05) is 17.5 Å². The molecule has 1 saturated heterocycles. The maximum atomic E-state index is 10.0. The first-order chi connectivity index (χ1) is 9.04. The first-order valence-electron chi connectivity index (χ1n) is 6.38. The van der Waals surface area contributed by atoms with Crippen molar-refractivity contribution in [3.63, 3.8) is 0 Å². The Labute approximate surface area is 121 Å². The van der Waals surface area contributed by atoms with Crippen LogP contribution in [0.1, 0.15) is 36.3 Å². The molecule has 0 radical (unpaired) electrons. The van der Waals surface area contributed by atoms with E-state index in [1.54, 1.807) is 0 Å². The van der Waals surface area contributed by atoms with Gasteiger partial charge in [0.05, 0.1) is 17.0 Å². The second-order valence-corrected chi connectivity index (χ2v) is 7.03. The van der Waals surface area contributed by atoms with Gasteiger partial charge in [0, 0.05) is 22.9 Å². The number of ether oxygens (including phenoxy) is 1. The Bertz CT molecular complexity index is 538. The van der Waals surface area contributed by atoms with Crippen LogP contribution in [0.4, 0.5) is 0 Å². The van der Waals surface area contributed by atoms with Gasteiger partial charge in [-0.2, -0.15) is 0 Å². The molecule has 0 aliphatic carbocycles. The third kappa shape index (κ3) is 2.20. The number of hydrogen-bond donors (Lipinski definition) is 2. The van der Waals surface area contributed by atoms with Gasteiger partial charge in [0.1, 0.15) is 11.7 Å². The van der Waals surface area contributed by atoms with Gasteiger partial charge in [-0.15, -0.1) is 17.8 Å². The Morgan fingerprint density at radius 2 is 2.42 bits per heavy atom. The second-order valence-electron chi connectivity index (χ2n) is 5.35. The summed E-state index contributed by atoms with van der Waals surface area (Å²) in [6, 6.07) is 2.13. The van der Waals surface area contributed by atoms with E-state index in [4.69, 9.17) is 22.8 Å². The Morgan fingerprint density at radius 3 is 3.16 bits per heavy atom. The number of halogens is 1. The average molecular weight is 298 g/mol. The summed E-state index contributed by atoms with van der Waals surface area (Å²) in [5.41, 5.74) is 0.514. The Balaban J connectivity index is 2.05. The molecule has 3 heterocycles. The average Bonchev–Trinajstić information content (AvgIpc) is 2.77. The van der Waals surface area contributed by atoms with Crippen LogP contribution in [-0.2, 0) is 10.3 Å². The second kappa shape index (κ2) is 4.76.